The van der Waals surface area contributed by atoms with E-state index in [1.165, 1.54) is 6.08 Å². The number of nitrogens with one attached hydrogen (secondary N) is 1. The quantitative estimate of drug-likeness (QED) is 0.773. The van der Waals surface area contributed by atoms with Gasteiger partial charge in [-0.15, -0.1) is 0 Å². The molecule has 1 heterocycles. The van der Waals surface area contributed by atoms with Gasteiger partial charge in [0.1, 0.15) is 6.10 Å². The first-order valence-electron chi connectivity index (χ1n) is 8.11. The molecular formula is C17H28N2O3. The van der Waals surface area contributed by atoms with Crippen LogP contribution in [0.3, 0.4) is 0 Å². The van der Waals surface area contributed by atoms with Gasteiger partial charge >= 0.3 is 0 Å². The lowest BCUT2D eigenvalue weighted by Gasteiger charge is -2.37. The van der Waals surface area contributed by atoms with Gasteiger partial charge in [-0.3, -0.25) is 9.59 Å². The first-order chi connectivity index (χ1) is 10.2. The third-order valence-corrected chi connectivity index (χ3v) is 4.99. The van der Waals surface area contributed by atoms with Crippen LogP contribution in [-0.4, -0.2) is 46.6 Å². The number of carbonyl (C=O) groups excluding carboxylic acids is 2. The molecule has 2 amide bonds. The lowest BCUT2D eigenvalue weighted by atomic mass is 9.85. The van der Waals surface area contributed by atoms with E-state index >= 15 is 0 Å². The maximum Gasteiger partial charge on any atom is 0.249 e. The maximum absolute atomic E-state index is 12.3. The summed E-state index contributed by atoms with van der Waals surface area (Å²) in [5.41, 5.74) is -0.619. The highest BCUT2D eigenvalue weighted by Crippen LogP contribution is 2.47. The van der Waals surface area contributed by atoms with E-state index in [1.54, 1.807) is 0 Å². The van der Waals surface area contributed by atoms with E-state index in [-0.39, 0.29) is 17.4 Å². The summed E-state index contributed by atoms with van der Waals surface area (Å²) in [6.45, 7) is 10.5. The predicted molar refractivity (Wildman–Crippen MR) is 85.1 cm³/mol. The molecule has 0 unspecified atom stereocenters. The van der Waals surface area contributed by atoms with E-state index in [9.17, 15) is 14.7 Å². The summed E-state index contributed by atoms with van der Waals surface area (Å²) < 4.78 is 0. The molecular weight excluding hydrogens is 280 g/mol. The van der Waals surface area contributed by atoms with Gasteiger partial charge in [-0.2, -0.15) is 0 Å². The van der Waals surface area contributed by atoms with Crippen LogP contribution in [0.25, 0.3) is 0 Å². The predicted octanol–water partition coefficient (Wildman–Crippen LogP) is 1.47. The second-order valence-corrected chi connectivity index (χ2v) is 7.72. The van der Waals surface area contributed by atoms with Gasteiger partial charge < -0.3 is 15.3 Å². The molecule has 1 saturated carbocycles. The van der Waals surface area contributed by atoms with Gasteiger partial charge in [0, 0.05) is 18.6 Å². The number of hydrogen-bond acceptors (Lipinski definition) is 3. The standard InChI is InChI=1S/C17H28N2O3/c1-5-13(20)19-10-6-12(7-11-19)17(8-9-17)18-15(22)14(21)16(2,3)4/h5,12,14,21H,1,6-11H2,2-4H3,(H,18,22)/t14-/m0/s1. The topological polar surface area (TPSA) is 69.6 Å². The summed E-state index contributed by atoms with van der Waals surface area (Å²) in [6, 6.07) is 0. The number of carbonyl (C=O) groups is 2. The van der Waals surface area contributed by atoms with Crippen LogP contribution >= 0.6 is 0 Å². The Morgan fingerprint density at radius 3 is 2.27 bits per heavy atom. The van der Waals surface area contributed by atoms with Gasteiger partial charge in [-0.25, -0.2) is 0 Å². The molecule has 0 aromatic carbocycles. The van der Waals surface area contributed by atoms with Crippen molar-refractivity contribution in [2.45, 2.75) is 58.1 Å². The van der Waals surface area contributed by atoms with Gasteiger partial charge in [0.15, 0.2) is 0 Å². The monoisotopic (exact) mass is 308 g/mol. The van der Waals surface area contributed by atoms with Crippen LogP contribution in [0.4, 0.5) is 0 Å². The molecule has 5 heteroatoms. The number of aliphatic hydroxyl groups is 1. The number of amides is 2. The zero-order valence-electron chi connectivity index (χ0n) is 13.9. The third-order valence-electron chi connectivity index (χ3n) is 4.99. The molecule has 0 bridgehead atoms. The van der Waals surface area contributed by atoms with Crippen molar-refractivity contribution in [3.05, 3.63) is 12.7 Å². The highest BCUT2D eigenvalue weighted by atomic mass is 16.3. The van der Waals surface area contributed by atoms with E-state index in [1.807, 2.05) is 25.7 Å². The Kier molecular flexibility index (Phi) is 4.66. The Bertz CT molecular complexity index is 455. The van der Waals surface area contributed by atoms with Crippen molar-refractivity contribution in [2.75, 3.05) is 13.1 Å². The van der Waals surface area contributed by atoms with Crippen LogP contribution in [0.2, 0.25) is 0 Å². The van der Waals surface area contributed by atoms with E-state index in [4.69, 9.17) is 0 Å². The molecule has 0 aromatic rings. The van der Waals surface area contributed by atoms with Gasteiger partial charge in [-0.05, 0) is 43.1 Å². The molecule has 1 aliphatic heterocycles. The number of nitrogens with zero attached hydrogens (tertiary/aromatic N) is 1. The Morgan fingerprint density at radius 2 is 1.86 bits per heavy atom. The van der Waals surface area contributed by atoms with Crippen LogP contribution in [0.1, 0.15) is 46.5 Å². The normalized spacial score (nSPS) is 22.8. The highest BCUT2D eigenvalue weighted by Gasteiger charge is 2.52. The van der Waals surface area contributed by atoms with Gasteiger partial charge in [0.25, 0.3) is 0 Å². The maximum atomic E-state index is 12.3. The summed E-state index contributed by atoms with van der Waals surface area (Å²) >= 11 is 0. The molecule has 124 valence electrons. The molecule has 1 saturated heterocycles. The minimum atomic E-state index is -0.993. The van der Waals surface area contributed by atoms with E-state index < -0.39 is 11.5 Å². The lowest BCUT2D eigenvalue weighted by Crippen LogP contribution is -2.52. The molecule has 2 fully saturated rings. The summed E-state index contributed by atoms with van der Waals surface area (Å²) in [7, 11) is 0. The van der Waals surface area contributed by atoms with Crippen molar-refractivity contribution < 1.29 is 14.7 Å². The molecule has 1 aliphatic carbocycles. The fourth-order valence-electron chi connectivity index (χ4n) is 3.26. The van der Waals surface area contributed by atoms with Crippen LogP contribution in [0.5, 0.6) is 0 Å². The van der Waals surface area contributed by atoms with Gasteiger partial charge in [-0.1, -0.05) is 27.4 Å². The van der Waals surface area contributed by atoms with E-state index in [0.29, 0.717) is 5.92 Å². The van der Waals surface area contributed by atoms with Crippen LogP contribution in [-0.2, 0) is 9.59 Å². The fourth-order valence-corrected chi connectivity index (χ4v) is 3.26. The fraction of sp³-hybridized carbons (Fsp3) is 0.765. The largest absolute Gasteiger partial charge is 0.383 e. The van der Waals surface area contributed by atoms with Crippen LogP contribution < -0.4 is 5.32 Å². The summed E-state index contributed by atoms with van der Waals surface area (Å²) in [6.07, 6.45) is 4.09. The molecule has 2 rings (SSSR count). The summed E-state index contributed by atoms with van der Waals surface area (Å²) in [4.78, 5) is 25.7. The highest BCUT2D eigenvalue weighted by molar-refractivity contribution is 5.87. The van der Waals surface area contributed by atoms with Crippen molar-refractivity contribution in [3.8, 4) is 0 Å². The van der Waals surface area contributed by atoms with Crippen molar-refractivity contribution in [1.82, 2.24) is 10.2 Å². The second kappa shape index (κ2) is 6.03. The van der Waals surface area contributed by atoms with E-state index in [0.717, 1.165) is 38.8 Å². The van der Waals surface area contributed by atoms with Crippen molar-refractivity contribution in [2.24, 2.45) is 11.3 Å². The summed E-state index contributed by atoms with van der Waals surface area (Å²) in [5.74, 6) is 0.0996. The minimum absolute atomic E-state index is 0.0181. The second-order valence-electron chi connectivity index (χ2n) is 7.72. The molecule has 2 N–H and O–H groups in total. The average Bonchev–Trinajstić information content (AvgIpc) is 3.25. The molecule has 5 nitrogen and oxygen atoms in total. The lowest BCUT2D eigenvalue weighted by molar-refractivity contribution is -0.136. The third kappa shape index (κ3) is 3.51. The molecule has 0 radical (unpaired) electrons. The first kappa shape index (κ1) is 17.0. The van der Waals surface area contributed by atoms with Crippen LogP contribution in [0, 0.1) is 11.3 Å². The molecule has 0 spiro atoms. The Labute approximate surface area is 132 Å². The number of aliphatic hydroxyl groups excluding tert-OH is 1. The van der Waals surface area contributed by atoms with Gasteiger partial charge in [0.05, 0.1) is 0 Å². The SMILES string of the molecule is C=CC(=O)N1CCC(C2(NC(=O)[C@H](O)C(C)(C)C)CC2)CC1. The van der Waals surface area contributed by atoms with Crippen molar-refractivity contribution >= 4 is 11.8 Å². The summed E-state index contributed by atoms with van der Waals surface area (Å²) in [5, 5.41) is 13.2. The van der Waals surface area contributed by atoms with Crippen molar-refractivity contribution in [1.29, 1.82) is 0 Å². The Morgan fingerprint density at radius 1 is 1.32 bits per heavy atom. The number of piperidine rings is 1. The van der Waals surface area contributed by atoms with Gasteiger partial charge in [0.2, 0.25) is 11.8 Å². The zero-order valence-corrected chi connectivity index (χ0v) is 13.9. The molecule has 1 atom stereocenters. The number of hydrogen-bond donors (Lipinski definition) is 2. The van der Waals surface area contributed by atoms with Crippen molar-refractivity contribution in [3.63, 3.8) is 0 Å². The molecule has 22 heavy (non-hydrogen) atoms. The smallest absolute Gasteiger partial charge is 0.249 e. The number of likely N-dealkylation sites (tertiary alicyclic amines) is 1. The molecule has 0 aromatic heterocycles. The minimum Gasteiger partial charge on any atom is -0.383 e. The van der Waals surface area contributed by atoms with E-state index in [2.05, 4.69) is 11.9 Å². The number of rotatable bonds is 4. The van der Waals surface area contributed by atoms with Crippen LogP contribution in [0.15, 0.2) is 12.7 Å². The Balaban J connectivity index is 1.92. The Hall–Kier alpha value is -1.36. The molecule has 2 aliphatic rings. The first-order valence-corrected chi connectivity index (χ1v) is 8.11. The average molecular weight is 308 g/mol. The zero-order chi connectivity index (χ0) is 16.5.